The van der Waals surface area contributed by atoms with Crippen LogP contribution >= 0.6 is 11.3 Å². The Morgan fingerprint density at radius 2 is 1.96 bits per heavy atom. The number of thiophene rings is 1. The highest BCUT2D eigenvalue weighted by molar-refractivity contribution is 7.91. The van der Waals surface area contributed by atoms with Gasteiger partial charge in [0.1, 0.15) is 10.3 Å². The maximum Gasteiger partial charge on any atom is 0.253 e. The van der Waals surface area contributed by atoms with Gasteiger partial charge in [-0.15, -0.1) is 11.3 Å². The SMILES string of the molecule is Cc1ccc(S(=O)(=O)N2CCCC2C(=O)N2C[C@H]3CNC[C@H]3C2)s1. The molecule has 0 radical (unpaired) electrons. The lowest BCUT2D eigenvalue weighted by atomic mass is 10.0. The molecule has 0 spiro atoms. The van der Waals surface area contributed by atoms with E-state index in [0.717, 1.165) is 37.5 Å². The number of amides is 1. The maximum absolute atomic E-state index is 13.0. The molecule has 1 amide bonds. The summed E-state index contributed by atoms with van der Waals surface area (Å²) in [4.78, 5) is 15.8. The van der Waals surface area contributed by atoms with Crippen LogP contribution in [-0.2, 0) is 14.8 Å². The van der Waals surface area contributed by atoms with E-state index in [0.29, 0.717) is 29.0 Å². The summed E-state index contributed by atoms with van der Waals surface area (Å²) in [5.41, 5.74) is 0. The number of nitrogens with one attached hydrogen (secondary N) is 1. The molecule has 1 unspecified atom stereocenters. The standard InChI is InChI=1S/C16H23N3O3S2/c1-11-4-5-15(23-11)24(21,22)19-6-2-3-14(19)16(20)18-9-12-7-17-8-13(12)10-18/h4-5,12-14,17H,2-3,6-10H2,1H3/t12-,13+,14?. The molecule has 3 aliphatic rings. The van der Waals surface area contributed by atoms with E-state index in [1.54, 1.807) is 6.07 Å². The minimum absolute atomic E-state index is 0.00115. The van der Waals surface area contributed by atoms with E-state index in [1.807, 2.05) is 17.9 Å². The van der Waals surface area contributed by atoms with Gasteiger partial charge < -0.3 is 10.2 Å². The average molecular weight is 370 g/mol. The van der Waals surface area contributed by atoms with Crippen LogP contribution in [0.5, 0.6) is 0 Å². The highest BCUT2D eigenvalue weighted by atomic mass is 32.2. The van der Waals surface area contributed by atoms with E-state index in [-0.39, 0.29) is 5.91 Å². The first kappa shape index (κ1) is 16.5. The fourth-order valence-corrected chi connectivity index (χ4v) is 7.25. The molecule has 3 aliphatic heterocycles. The van der Waals surface area contributed by atoms with Crippen LogP contribution in [0.15, 0.2) is 16.3 Å². The molecule has 3 fully saturated rings. The van der Waals surface area contributed by atoms with E-state index >= 15 is 0 Å². The smallest absolute Gasteiger partial charge is 0.253 e. The van der Waals surface area contributed by atoms with Gasteiger partial charge in [-0.1, -0.05) is 0 Å². The summed E-state index contributed by atoms with van der Waals surface area (Å²) >= 11 is 1.28. The van der Waals surface area contributed by atoms with Crippen LogP contribution in [0.25, 0.3) is 0 Å². The Kier molecular flexibility index (Phi) is 4.19. The molecule has 6 nitrogen and oxygen atoms in total. The molecule has 3 atom stereocenters. The molecule has 1 aromatic heterocycles. The minimum atomic E-state index is -3.57. The first-order chi connectivity index (χ1) is 11.5. The van der Waals surface area contributed by atoms with E-state index < -0.39 is 16.1 Å². The zero-order chi connectivity index (χ0) is 16.9. The second kappa shape index (κ2) is 6.09. The number of carbonyl (C=O) groups excluding carboxylic acids is 1. The third kappa shape index (κ3) is 2.69. The zero-order valence-electron chi connectivity index (χ0n) is 13.8. The number of nitrogens with zero attached hydrogens (tertiary/aromatic N) is 2. The van der Waals surface area contributed by atoms with Crippen LogP contribution in [0, 0.1) is 18.8 Å². The highest BCUT2D eigenvalue weighted by Crippen LogP contribution is 2.33. The highest BCUT2D eigenvalue weighted by Gasteiger charge is 2.45. The molecule has 0 saturated carbocycles. The lowest BCUT2D eigenvalue weighted by Gasteiger charge is -2.27. The molecule has 132 valence electrons. The average Bonchev–Trinajstić information content (AvgIpc) is 3.29. The Hall–Kier alpha value is -0.960. The van der Waals surface area contributed by atoms with E-state index in [9.17, 15) is 13.2 Å². The zero-order valence-corrected chi connectivity index (χ0v) is 15.4. The normalized spacial score (nSPS) is 30.9. The van der Waals surface area contributed by atoms with Crippen LogP contribution in [0.4, 0.5) is 0 Å². The Bertz CT molecular complexity index is 734. The molecule has 0 aromatic carbocycles. The van der Waals surface area contributed by atoms with E-state index in [1.165, 1.54) is 15.6 Å². The first-order valence-electron chi connectivity index (χ1n) is 8.54. The van der Waals surface area contributed by atoms with Gasteiger partial charge in [-0.05, 0) is 43.7 Å². The minimum Gasteiger partial charge on any atom is -0.341 e. The van der Waals surface area contributed by atoms with Crippen LogP contribution in [0.2, 0.25) is 0 Å². The second-order valence-electron chi connectivity index (χ2n) is 7.06. The summed E-state index contributed by atoms with van der Waals surface area (Å²) in [6, 6.07) is 2.95. The molecule has 1 N–H and O–H groups in total. The molecule has 3 saturated heterocycles. The van der Waals surface area contributed by atoms with Crippen LogP contribution in [0.1, 0.15) is 17.7 Å². The molecule has 24 heavy (non-hydrogen) atoms. The number of fused-ring (bicyclic) bond motifs is 1. The van der Waals surface area contributed by atoms with Gasteiger partial charge in [0.25, 0.3) is 10.0 Å². The van der Waals surface area contributed by atoms with Gasteiger partial charge in [-0.3, -0.25) is 4.79 Å². The number of sulfonamides is 1. The predicted molar refractivity (Wildman–Crippen MR) is 92.4 cm³/mol. The number of rotatable bonds is 3. The molecule has 1 aromatic rings. The van der Waals surface area contributed by atoms with Gasteiger partial charge in [0.2, 0.25) is 5.91 Å². The molecule has 8 heteroatoms. The second-order valence-corrected chi connectivity index (χ2v) is 10.5. The topological polar surface area (TPSA) is 69.7 Å². The van der Waals surface area contributed by atoms with Crippen molar-refractivity contribution >= 4 is 27.3 Å². The number of hydrogen-bond acceptors (Lipinski definition) is 5. The lowest BCUT2D eigenvalue weighted by molar-refractivity contribution is -0.133. The molecule has 0 bridgehead atoms. The van der Waals surface area contributed by atoms with Gasteiger partial charge in [0.15, 0.2) is 0 Å². The van der Waals surface area contributed by atoms with Crippen molar-refractivity contribution in [3.8, 4) is 0 Å². The van der Waals surface area contributed by atoms with E-state index in [2.05, 4.69) is 5.32 Å². The lowest BCUT2D eigenvalue weighted by Crippen LogP contribution is -2.47. The number of carbonyl (C=O) groups is 1. The van der Waals surface area contributed by atoms with Crippen LogP contribution in [0.3, 0.4) is 0 Å². The number of hydrogen-bond donors (Lipinski definition) is 1. The van der Waals surface area contributed by atoms with Crippen molar-refractivity contribution in [3.63, 3.8) is 0 Å². The number of aryl methyl sites for hydroxylation is 1. The summed E-state index contributed by atoms with van der Waals surface area (Å²) in [5, 5.41) is 3.37. The van der Waals surface area contributed by atoms with Gasteiger partial charge >= 0.3 is 0 Å². The van der Waals surface area contributed by atoms with Crippen LogP contribution < -0.4 is 5.32 Å². The van der Waals surface area contributed by atoms with Crippen molar-refractivity contribution in [1.29, 1.82) is 0 Å². The van der Waals surface area contributed by atoms with Crippen molar-refractivity contribution in [1.82, 2.24) is 14.5 Å². The first-order valence-corrected chi connectivity index (χ1v) is 10.8. The Morgan fingerprint density at radius 1 is 1.25 bits per heavy atom. The van der Waals surface area contributed by atoms with Gasteiger partial charge in [-0.2, -0.15) is 4.31 Å². The summed E-state index contributed by atoms with van der Waals surface area (Å²) in [5.74, 6) is 1.06. The third-order valence-electron chi connectivity index (χ3n) is 5.47. The van der Waals surface area contributed by atoms with Crippen molar-refractivity contribution in [2.75, 3.05) is 32.7 Å². The van der Waals surface area contributed by atoms with Gasteiger partial charge in [0.05, 0.1) is 0 Å². The molecule has 4 heterocycles. The fraction of sp³-hybridized carbons (Fsp3) is 0.688. The third-order valence-corrected chi connectivity index (χ3v) is 8.84. The van der Waals surface area contributed by atoms with Crippen LogP contribution in [-0.4, -0.2) is 62.3 Å². The fourth-order valence-electron chi connectivity index (χ4n) is 4.19. The monoisotopic (exact) mass is 369 g/mol. The summed E-state index contributed by atoms with van der Waals surface area (Å²) in [7, 11) is -3.57. The Morgan fingerprint density at radius 3 is 2.58 bits per heavy atom. The summed E-state index contributed by atoms with van der Waals surface area (Å²) < 4.78 is 27.6. The largest absolute Gasteiger partial charge is 0.341 e. The van der Waals surface area contributed by atoms with Gasteiger partial charge in [-0.25, -0.2) is 8.42 Å². The Labute approximate surface area is 146 Å². The summed E-state index contributed by atoms with van der Waals surface area (Å²) in [6.45, 7) is 5.80. The quantitative estimate of drug-likeness (QED) is 0.859. The van der Waals surface area contributed by atoms with Crippen molar-refractivity contribution in [2.24, 2.45) is 11.8 Å². The Balaban J connectivity index is 1.53. The van der Waals surface area contributed by atoms with Crippen molar-refractivity contribution < 1.29 is 13.2 Å². The van der Waals surface area contributed by atoms with Gasteiger partial charge in [0, 0.05) is 37.6 Å². The molecule has 4 rings (SSSR count). The van der Waals surface area contributed by atoms with Crippen molar-refractivity contribution in [2.45, 2.75) is 30.0 Å². The number of likely N-dealkylation sites (tertiary alicyclic amines) is 1. The van der Waals surface area contributed by atoms with Crippen molar-refractivity contribution in [3.05, 3.63) is 17.0 Å². The summed E-state index contributed by atoms with van der Waals surface area (Å²) in [6.07, 6.45) is 1.38. The van der Waals surface area contributed by atoms with E-state index in [4.69, 9.17) is 0 Å². The molecular formula is C16H23N3O3S2. The predicted octanol–water partition coefficient (Wildman–Crippen LogP) is 0.887. The molecule has 0 aliphatic carbocycles. The maximum atomic E-state index is 13.0. The molecular weight excluding hydrogens is 346 g/mol.